The van der Waals surface area contributed by atoms with E-state index in [4.69, 9.17) is 19.7 Å². The van der Waals surface area contributed by atoms with E-state index in [9.17, 15) is 14.9 Å². The molecule has 0 aliphatic rings. The normalized spacial score (nSPS) is 10.8. The summed E-state index contributed by atoms with van der Waals surface area (Å²) in [6.07, 6.45) is 0. The van der Waals surface area contributed by atoms with Crippen LogP contribution < -0.4 is 4.74 Å². The molecule has 1 aromatic carbocycles. The highest BCUT2D eigenvalue weighted by atomic mass is 79.9. The molecule has 0 amide bonds. The number of nitrogens with zero attached hydrogens (tertiary/aromatic N) is 4. The summed E-state index contributed by atoms with van der Waals surface area (Å²) in [4.78, 5) is 25.4. The molecular formula is C15H19BrN4O6. The number of halogens is 1. The summed E-state index contributed by atoms with van der Waals surface area (Å²) in [6, 6.07) is 2.45. The van der Waals surface area contributed by atoms with E-state index in [0.29, 0.717) is 4.47 Å². The molecule has 11 heteroatoms. The number of carbonyl (C=O) groups excluding carboxylic acids is 1. The number of esters is 1. The molecule has 0 heterocycles. The number of benzene rings is 1. The fourth-order valence-corrected chi connectivity index (χ4v) is 2.24. The van der Waals surface area contributed by atoms with Crippen molar-refractivity contribution in [1.82, 2.24) is 0 Å². The minimum absolute atomic E-state index is 0.00664. The van der Waals surface area contributed by atoms with Gasteiger partial charge in [-0.3, -0.25) is 10.1 Å². The Morgan fingerprint density at radius 3 is 2.62 bits per heavy atom. The fraction of sp³-hybridized carbons (Fsp3) is 0.533. The molecule has 26 heavy (non-hydrogen) atoms. The summed E-state index contributed by atoms with van der Waals surface area (Å²) < 4.78 is 16.1. The van der Waals surface area contributed by atoms with Crippen LogP contribution in [0.5, 0.6) is 5.75 Å². The number of carbonyl (C=O) groups is 1. The zero-order valence-electron chi connectivity index (χ0n) is 14.6. The van der Waals surface area contributed by atoms with Crippen LogP contribution in [0.4, 0.5) is 5.69 Å². The van der Waals surface area contributed by atoms with Crippen LogP contribution in [-0.2, 0) is 9.47 Å². The Morgan fingerprint density at radius 2 is 2.04 bits per heavy atom. The van der Waals surface area contributed by atoms with Gasteiger partial charge in [-0.15, -0.1) is 0 Å². The van der Waals surface area contributed by atoms with Crippen molar-refractivity contribution >= 4 is 27.6 Å². The van der Waals surface area contributed by atoms with Gasteiger partial charge in [-0.2, -0.15) is 0 Å². The number of hydrogen-bond donors (Lipinski definition) is 0. The van der Waals surface area contributed by atoms with E-state index < -0.39 is 16.5 Å². The summed E-state index contributed by atoms with van der Waals surface area (Å²) in [5.74, 6) is -0.687. The second-order valence-corrected chi connectivity index (χ2v) is 6.83. The maximum atomic E-state index is 12.2. The van der Waals surface area contributed by atoms with E-state index in [0.717, 1.165) is 6.07 Å². The monoisotopic (exact) mass is 430 g/mol. The molecule has 142 valence electrons. The van der Waals surface area contributed by atoms with Gasteiger partial charge < -0.3 is 14.2 Å². The minimum Gasteiger partial charge on any atom is -0.484 e. The molecule has 10 nitrogen and oxygen atoms in total. The molecule has 0 aliphatic carbocycles. The molecule has 0 saturated carbocycles. The number of nitro benzene ring substituents is 1. The molecule has 0 N–H and O–H groups in total. The highest BCUT2D eigenvalue weighted by Gasteiger charge is 2.25. The predicted molar refractivity (Wildman–Crippen MR) is 96.3 cm³/mol. The van der Waals surface area contributed by atoms with Gasteiger partial charge in [0.05, 0.1) is 23.7 Å². The average molecular weight is 431 g/mol. The van der Waals surface area contributed by atoms with E-state index in [2.05, 4.69) is 26.0 Å². The molecule has 0 saturated heterocycles. The maximum Gasteiger partial charge on any atom is 0.340 e. The summed E-state index contributed by atoms with van der Waals surface area (Å²) in [5.41, 5.74) is 7.07. The Kier molecular flexibility index (Phi) is 8.30. The van der Waals surface area contributed by atoms with Crippen molar-refractivity contribution in [3.63, 3.8) is 0 Å². The predicted octanol–water partition coefficient (Wildman–Crippen LogP) is 4.02. The van der Waals surface area contributed by atoms with Gasteiger partial charge in [0.25, 0.3) is 0 Å². The van der Waals surface area contributed by atoms with Crippen LogP contribution in [0.2, 0.25) is 0 Å². The van der Waals surface area contributed by atoms with E-state index >= 15 is 0 Å². The number of azide groups is 1. The molecule has 0 radical (unpaired) electrons. The molecule has 0 fully saturated rings. The molecule has 0 spiro atoms. The highest BCUT2D eigenvalue weighted by Crippen LogP contribution is 2.34. The molecule has 0 bridgehead atoms. The van der Waals surface area contributed by atoms with Gasteiger partial charge in [0.15, 0.2) is 5.75 Å². The third-order valence-electron chi connectivity index (χ3n) is 2.75. The average Bonchev–Trinajstić information content (AvgIpc) is 2.52. The van der Waals surface area contributed by atoms with Crippen LogP contribution in [0.3, 0.4) is 0 Å². The zero-order chi connectivity index (χ0) is 19.7. The first-order chi connectivity index (χ1) is 12.2. The van der Waals surface area contributed by atoms with Crippen molar-refractivity contribution in [2.75, 3.05) is 26.4 Å². The number of ether oxygens (including phenoxy) is 3. The lowest BCUT2D eigenvalue weighted by Gasteiger charge is -2.20. The fourth-order valence-electron chi connectivity index (χ4n) is 1.75. The van der Waals surface area contributed by atoms with Crippen molar-refractivity contribution in [2.45, 2.75) is 26.4 Å². The third kappa shape index (κ3) is 7.26. The Labute approximate surface area is 158 Å². The van der Waals surface area contributed by atoms with Gasteiger partial charge in [-0.25, -0.2) is 4.79 Å². The van der Waals surface area contributed by atoms with Crippen LogP contribution in [0.15, 0.2) is 21.7 Å². The van der Waals surface area contributed by atoms with Crippen molar-refractivity contribution in [3.8, 4) is 5.75 Å². The number of hydrogen-bond acceptors (Lipinski definition) is 7. The van der Waals surface area contributed by atoms with Gasteiger partial charge in [0.1, 0.15) is 12.2 Å². The van der Waals surface area contributed by atoms with Gasteiger partial charge in [0, 0.05) is 28.1 Å². The van der Waals surface area contributed by atoms with Crippen LogP contribution in [-0.4, -0.2) is 42.9 Å². The van der Waals surface area contributed by atoms with Gasteiger partial charge in [-0.1, -0.05) is 5.11 Å². The Morgan fingerprint density at radius 1 is 1.35 bits per heavy atom. The lowest BCUT2D eigenvalue weighted by molar-refractivity contribution is -0.385. The van der Waals surface area contributed by atoms with E-state index in [1.807, 2.05) is 0 Å². The van der Waals surface area contributed by atoms with E-state index in [-0.39, 0.29) is 43.4 Å². The van der Waals surface area contributed by atoms with Crippen LogP contribution >= 0.6 is 15.9 Å². The largest absolute Gasteiger partial charge is 0.484 e. The highest BCUT2D eigenvalue weighted by molar-refractivity contribution is 9.10. The topological polar surface area (TPSA) is 137 Å². The molecular weight excluding hydrogens is 412 g/mol. The van der Waals surface area contributed by atoms with Crippen molar-refractivity contribution in [3.05, 3.63) is 42.7 Å². The minimum atomic E-state index is -0.729. The Balaban J connectivity index is 2.84. The summed E-state index contributed by atoms with van der Waals surface area (Å²) >= 11 is 3.21. The Bertz CT molecular complexity index is 713. The lowest BCUT2D eigenvalue weighted by Crippen LogP contribution is -2.24. The van der Waals surface area contributed by atoms with Crippen molar-refractivity contribution in [1.29, 1.82) is 0 Å². The second-order valence-electron chi connectivity index (χ2n) is 5.97. The van der Waals surface area contributed by atoms with Gasteiger partial charge >= 0.3 is 11.7 Å². The first-order valence-corrected chi connectivity index (χ1v) is 8.37. The Hall–Kier alpha value is -2.36. The smallest absolute Gasteiger partial charge is 0.340 e. The third-order valence-corrected chi connectivity index (χ3v) is 3.40. The quantitative estimate of drug-likeness (QED) is 0.110. The molecule has 0 atom stereocenters. The lowest BCUT2D eigenvalue weighted by atomic mass is 10.1. The first-order valence-electron chi connectivity index (χ1n) is 7.58. The summed E-state index contributed by atoms with van der Waals surface area (Å²) in [7, 11) is 0. The van der Waals surface area contributed by atoms with Crippen LogP contribution in [0.1, 0.15) is 31.1 Å². The first kappa shape index (κ1) is 21.7. The molecule has 1 rings (SSSR count). The number of nitro groups is 1. The molecule has 1 aromatic rings. The molecule has 0 unspecified atom stereocenters. The van der Waals surface area contributed by atoms with Crippen molar-refractivity contribution in [2.24, 2.45) is 5.11 Å². The van der Waals surface area contributed by atoms with Crippen LogP contribution in [0.25, 0.3) is 10.4 Å². The molecule has 0 aliphatic heterocycles. The van der Waals surface area contributed by atoms with Gasteiger partial charge in [0.2, 0.25) is 0 Å². The number of rotatable bonds is 9. The molecule has 0 aromatic heterocycles. The van der Waals surface area contributed by atoms with Crippen LogP contribution in [0, 0.1) is 10.1 Å². The second kappa shape index (κ2) is 9.95. The van der Waals surface area contributed by atoms with Gasteiger partial charge in [-0.05, 0) is 42.2 Å². The van der Waals surface area contributed by atoms with Crippen molar-refractivity contribution < 1.29 is 23.9 Å². The zero-order valence-corrected chi connectivity index (χ0v) is 16.2. The van der Waals surface area contributed by atoms with E-state index in [1.165, 1.54) is 6.07 Å². The summed E-state index contributed by atoms with van der Waals surface area (Å²) in [6.45, 7) is 5.72. The standard InChI is InChI=1S/C15H19BrN4O6/c1-15(2,3)26-14(21)10-8-12(20(22)23)13(9-11(10)16)25-7-6-24-5-4-18-19-17/h8-9H,4-7H2,1-3H3. The maximum absolute atomic E-state index is 12.2. The summed E-state index contributed by atoms with van der Waals surface area (Å²) in [5, 5.41) is 14.6. The van der Waals surface area contributed by atoms with E-state index in [1.54, 1.807) is 20.8 Å². The SMILES string of the molecule is CC(C)(C)OC(=O)c1cc([N+](=O)[O-])c(OCCOCCN=[N+]=[N-])cc1Br.